The molecule has 1 rings (SSSR count). The minimum absolute atomic E-state index is 0.0508. The summed E-state index contributed by atoms with van der Waals surface area (Å²) in [7, 11) is 0. The fourth-order valence-corrected chi connectivity index (χ4v) is 1.86. The molecule has 0 atom stereocenters. The number of hydrogen-bond donors (Lipinski definition) is 3. The van der Waals surface area contributed by atoms with Crippen molar-refractivity contribution in [1.82, 2.24) is 5.43 Å². The number of hydrogen-bond acceptors (Lipinski definition) is 4. The third-order valence-corrected chi connectivity index (χ3v) is 2.66. The van der Waals surface area contributed by atoms with Crippen molar-refractivity contribution >= 4 is 5.71 Å². The number of nitrogens with one attached hydrogen (secondary N) is 1. The van der Waals surface area contributed by atoms with Crippen LogP contribution in [-0.4, -0.2) is 12.0 Å². The van der Waals surface area contributed by atoms with E-state index in [9.17, 15) is 0 Å². The van der Waals surface area contributed by atoms with Crippen molar-refractivity contribution in [2.24, 2.45) is 16.6 Å². The summed E-state index contributed by atoms with van der Waals surface area (Å²) in [6.45, 7) is 6.37. The number of nitrogens with zero attached hydrogens (tertiary/aromatic N) is 1. The molecule has 0 spiro atoms. The van der Waals surface area contributed by atoms with Crippen LogP contribution < -0.4 is 16.9 Å². The lowest BCUT2D eigenvalue weighted by Crippen LogP contribution is -2.42. The monoisotopic (exact) mass is 234 g/mol. The molecule has 17 heavy (non-hydrogen) atoms. The molecule has 0 aliphatic rings. The first-order chi connectivity index (χ1) is 7.92. The van der Waals surface area contributed by atoms with Gasteiger partial charge in [0.1, 0.15) is 6.29 Å². The molecule has 0 aliphatic heterocycles. The van der Waals surface area contributed by atoms with E-state index >= 15 is 0 Å². The zero-order valence-corrected chi connectivity index (χ0v) is 10.8. The van der Waals surface area contributed by atoms with Gasteiger partial charge in [-0.15, -0.1) is 0 Å². The van der Waals surface area contributed by atoms with Crippen LogP contribution in [0.1, 0.15) is 32.8 Å². The van der Waals surface area contributed by atoms with Crippen LogP contribution in [0.2, 0.25) is 0 Å². The molecule has 0 saturated carbocycles. The molecule has 0 bridgehead atoms. The summed E-state index contributed by atoms with van der Waals surface area (Å²) in [5.41, 5.74) is 15.7. The van der Waals surface area contributed by atoms with Crippen molar-refractivity contribution in [3.8, 4) is 0 Å². The molecule has 5 N–H and O–H groups in total. The fourth-order valence-electron chi connectivity index (χ4n) is 1.86. The van der Waals surface area contributed by atoms with Gasteiger partial charge in [0, 0.05) is 5.71 Å². The zero-order valence-electron chi connectivity index (χ0n) is 10.8. The maximum atomic E-state index is 5.38. The lowest BCUT2D eigenvalue weighted by atomic mass is 9.80. The molecule has 0 saturated heterocycles. The van der Waals surface area contributed by atoms with Gasteiger partial charge in [-0.25, -0.2) is 0 Å². The van der Waals surface area contributed by atoms with Crippen LogP contribution in [0.15, 0.2) is 35.4 Å². The summed E-state index contributed by atoms with van der Waals surface area (Å²) in [6.07, 6.45) is 0.251. The number of benzene rings is 1. The SMILES string of the molecule is C/C(CC(C)(C)c1ccccc1)=N/NC(N)N. The van der Waals surface area contributed by atoms with E-state index in [-0.39, 0.29) is 5.41 Å². The van der Waals surface area contributed by atoms with Gasteiger partial charge in [-0.2, -0.15) is 5.10 Å². The van der Waals surface area contributed by atoms with Crippen LogP contribution in [0, 0.1) is 0 Å². The Hall–Kier alpha value is -1.39. The summed E-state index contributed by atoms with van der Waals surface area (Å²) < 4.78 is 0. The first-order valence-electron chi connectivity index (χ1n) is 5.77. The second-order valence-corrected chi connectivity index (χ2v) is 4.93. The van der Waals surface area contributed by atoms with Gasteiger partial charge in [0.2, 0.25) is 0 Å². The van der Waals surface area contributed by atoms with Crippen molar-refractivity contribution < 1.29 is 0 Å². The van der Waals surface area contributed by atoms with Gasteiger partial charge in [-0.3, -0.25) is 16.9 Å². The molecular formula is C13H22N4. The molecule has 0 unspecified atom stereocenters. The molecule has 1 aromatic carbocycles. The Morgan fingerprint density at radius 2 is 1.88 bits per heavy atom. The third kappa shape index (κ3) is 4.54. The normalized spacial score (nSPS) is 12.9. The highest BCUT2D eigenvalue weighted by Gasteiger charge is 2.21. The highest BCUT2D eigenvalue weighted by Crippen LogP contribution is 2.26. The molecule has 0 heterocycles. The van der Waals surface area contributed by atoms with E-state index in [1.165, 1.54) is 5.56 Å². The first kappa shape index (κ1) is 13.7. The Morgan fingerprint density at radius 1 is 1.29 bits per heavy atom. The van der Waals surface area contributed by atoms with E-state index in [0.29, 0.717) is 0 Å². The predicted molar refractivity (Wildman–Crippen MR) is 72.5 cm³/mol. The summed E-state index contributed by atoms with van der Waals surface area (Å²) in [6, 6.07) is 10.4. The largest absolute Gasteiger partial charge is 0.298 e. The van der Waals surface area contributed by atoms with Crippen LogP contribution in [0.4, 0.5) is 0 Å². The molecule has 0 amide bonds. The van der Waals surface area contributed by atoms with E-state index in [2.05, 4.69) is 48.6 Å². The molecule has 94 valence electrons. The second-order valence-electron chi connectivity index (χ2n) is 4.93. The van der Waals surface area contributed by atoms with Crippen molar-refractivity contribution in [3.63, 3.8) is 0 Å². The predicted octanol–water partition coefficient (Wildman–Crippen LogP) is 1.52. The highest BCUT2D eigenvalue weighted by atomic mass is 15.4. The van der Waals surface area contributed by atoms with E-state index in [1.54, 1.807) is 0 Å². The fraction of sp³-hybridized carbons (Fsp3) is 0.462. The summed E-state index contributed by atoms with van der Waals surface area (Å²) in [4.78, 5) is 0. The van der Waals surface area contributed by atoms with Crippen LogP contribution in [0.3, 0.4) is 0 Å². The summed E-state index contributed by atoms with van der Waals surface area (Å²) >= 11 is 0. The highest BCUT2D eigenvalue weighted by molar-refractivity contribution is 5.83. The van der Waals surface area contributed by atoms with E-state index in [4.69, 9.17) is 11.5 Å². The first-order valence-corrected chi connectivity index (χ1v) is 5.77. The maximum absolute atomic E-state index is 5.38. The Balaban J connectivity index is 2.70. The van der Waals surface area contributed by atoms with Gasteiger partial charge in [-0.1, -0.05) is 44.2 Å². The average molecular weight is 234 g/mol. The standard InChI is InChI=1S/C13H22N4/c1-10(16-17-12(14)15)9-13(2,3)11-7-5-4-6-8-11/h4-8,12,17H,9,14-15H2,1-3H3/b16-10-. The van der Waals surface area contributed by atoms with Crippen LogP contribution in [0.25, 0.3) is 0 Å². The molecule has 4 heteroatoms. The molecule has 0 fully saturated rings. The van der Waals surface area contributed by atoms with Crippen LogP contribution in [0.5, 0.6) is 0 Å². The Kier molecular flexibility index (Phi) is 4.66. The van der Waals surface area contributed by atoms with Gasteiger partial charge in [0.25, 0.3) is 0 Å². The Morgan fingerprint density at radius 3 is 2.41 bits per heavy atom. The van der Waals surface area contributed by atoms with Gasteiger partial charge in [-0.05, 0) is 24.3 Å². The molecule has 0 radical (unpaired) electrons. The molecular weight excluding hydrogens is 212 g/mol. The number of hydrazone groups is 1. The van der Waals surface area contributed by atoms with Gasteiger partial charge in [0.15, 0.2) is 0 Å². The minimum Gasteiger partial charge on any atom is -0.298 e. The summed E-state index contributed by atoms with van der Waals surface area (Å²) in [5, 5.41) is 4.15. The Bertz CT molecular complexity index is 368. The molecule has 1 aromatic rings. The van der Waals surface area contributed by atoms with Crippen molar-refractivity contribution in [2.75, 3.05) is 0 Å². The quantitative estimate of drug-likeness (QED) is 0.411. The van der Waals surface area contributed by atoms with E-state index < -0.39 is 6.29 Å². The van der Waals surface area contributed by atoms with Gasteiger partial charge < -0.3 is 0 Å². The smallest absolute Gasteiger partial charge is 0.142 e. The topological polar surface area (TPSA) is 76.4 Å². The third-order valence-electron chi connectivity index (χ3n) is 2.66. The van der Waals surface area contributed by atoms with Crippen LogP contribution in [-0.2, 0) is 5.41 Å². The minimum atomic E-state index is -0.607. The Labute approximate surface area is 103 Å². The van der Waals surface area contributed by atoms with E-state index in [1.807, 2.05) is 13.0 Å². The molecule has 0 aromatic heterocycles. The van der Waals surface area contributed by atoms with Crippen molar-refractivity contribution in [3.05, 3.63) is 35.9 Å². The van der Waals surface area contributed by atoms with Crippen molar-refractivity contribution in [2.45, 2.75) is 38.9 Å². The van der Waals surface area contributed by atoms with Gasteiger partial charge in [0.05, 0.1) is 0 Å². The number of nitrogens with two attached hydrogens (primary N) is 2. The molecule has 4 nitrogen and oxygen atoms in total. The lowest BCUT2D eigenvalue weighted by Gasteiger charge is -2.25. The second kappa shape index (κ2) is 5.80. The van der Waals surface area contributed by atoms with Crippen molar-refractivity contribution in [1.29, 1.82) is 0 Å². The lowest BCUT2D eigenvalue weighted by molar-refractivity contribution is 0.534. The maximum Gasteiger partial charge on any atom is 0.142 e. The van der Waals surface area contributed by atoms with Crippen LogP contribution >= 0.6 is 0 Å². The van der Waals surface area contributed by atoms with E-state index in [0.717, 1.165) is 12.1 Å². The van der Waals surface area contributed by atoms with Gasteiger partial charge >= 0.3 is 0 Å². The average Bonchev–Trinajstić information content (AvgIpc) is 2.27. The zero-order chi connectivity index (χ0) is 12.9. The number of rotatable bonds is 5. The molecule has 0 aliphatic carbocycles. The summed E-state index contributed by atoms with van der Waals surface area (Å²) in [5.74, 6) is 0.